The molecule has 6 heteroatoms. The van der Waals surface area contributed by atoms with Gasteiger partial charge in [-0.2, -0.15) is 0 Å². The van der Waals surface area contributed by atoms with Gasteiger partial charge in [-0.05, 0) is 32.4 Å². The molecule has 0 aliphatic carbocycles. The van der Waals surface area contributed by atoms with Gasteiger partial charge in [0.2, 0.25) is 5.91 Å². The van der Waals surface area contributed by atoms with E-state index >= 15 is 0 Å². The van der Waals surface area contributed by atoms with E-state index in [1.807, 2.05) is 6.92 Å². The molecule has 1 aliphatic heterocycles. The Balaban J connectivity index is 2.19. The van der Waals surface area contributed by atoms with Crippen molar-refractivity contribution in [1.29, 1.82) is 0 Å². The number of rotatable bonds is 4. The van der Waals surface area contributed by atoms with Crippen LogP contribution in [0.4, 0.5) is 0 Å². The lowest BCUT2D eigenvalue weighted by atomic mass is 9.81. The Bertz CT molecular complexity index is 541. The van der Waals surface area contributed by atoms with Crippen molar-refractivity contribution in [3.8, 4) is 0 Å². The van der Waals surface area contributed by atoms with Crippen LogP contribution in [0.1, 0.15) is 31.4 Å². The van der Waals surface area contributed by atoms with Gasteiger partial charge in [-0.1, -0.05) is 29.8 Å². The first-order chi connectivity index (χ1) is 9.94. The van der Waals surface area contributed by atoms with Crippen molar-refractivity contribution in [1.82, 2.24) is 10.6 Å². The summed E-state index contributed by atoms with van der Waals surface area (Å²) < 4.78 is 0. The zero-order chi connectivity index (χ0) is 15.5. The van der Waals surface area contributed by atoms with E-state index in [1.165, 1.54) is 0 Å². The third-order valence-corrected chi connectivity index (χ3v) is 4.23. The van der Waals surface area contributed by atoms with E-state index in [2.05, 4.69) is 10.6 Å². The molecule has 1 aromatic carbocycles. The number of amides is 1. The van der Waals surface area contributed by atoms with Crippen molar-refractivity contribution in [3.05, 3.63) is 34.9 Å². The minimum Gasteiger partial charge on any atom is -0.479 e. The summed E-state index contributed by atoms with van der Waals surface area (Å²) in [7, 11) is 0. The van der Waals surface area contributed by atoms with Crippen molar-refractivity contribution >= 4 is 23.5 Å². The van der Waals surface area contributed by atoms with E-state index in [0.717, 1.165) is 19.4 Å². The second kappa shape index (κ2) is 6.45. The van der Waals surface area contributed by atoms with E-state index in [-0.39, 0.29) is 5.91 Å². The predicted octanol–water partition coefficient (Wildman–Crippen LogP) is 1.97. The van der Waals surface area contributed by atoms with Crippen molar-refractivity contribution in [2.24, 2.45) is 5.41 Å². The van der Waals surface area contributed by atoms with Crippen molar-refractivity contribution < 1.29 is 14.7 Å². The summed E-state index contributed by atoms with van der Waals surface area (Å²) in [6.45, 7) is 3.28. The van der Waals surface area contributed by atoms with Gasteiger partial charge in [-0.15, -0.1) is 0 Å². The summed E-state index contributed by atoms with van der Waals surface area (Å²) in [4.78, 5) is 23.9. The van der Waals surface area contributed by atoms with Crippen molar-refractivity contribution in [2.75, 3.05) is 13.1 Å². The molecule has 3 N–H and O–H groups in total. The fraction of sp³-hybridized carbons (Fsp3) is 0.467. The second-order valence-corrected chi connectivity index (χ2v) is 6.01. The van der Waals surface area contributed by atoms with E-state index in [0.29, 0.717) is 17.1 Å². The highest BCUT2D eigenvalue weighted by molar-refractivity contribution is 6.31. The first-order valence-electron chi connectivity index (χ1n) is 6.93. The van der Waals surface area contributed by atoms with E-state index in [4.69, 9.17) is 11.6 Å². The number of piperidine rings is 1. The largest absolute Gasteiger partial charge is 0.479 e. The summed E-state index contributed by atoms with van der Waals surface area (Å²) >= 11 is 6.04. The Kier molecular flexibility index (Phi) is 4.85. The molecule has 1 unspecified atom stereocenters. The van der Waals surface area contributed by atoms with Crippen LogP contribution in [0.2, 0.25) is 5.02 Å². The second-order valence-electron chi connectivity index (χ2n) is 5.61. The smallest absolute Gasteiger partial charge is 0.330 e. The number of carboxylic acid groups (broad SMARTS) is 1. The quantitative estimate of drug-likeness (QED) is 0.794. The zero-order valence-electron chi connectivity index (χ0n) is 11.9. The van der Waals surface area contributed by atoms with Gasteiger partial charge in [-0.25, -0.2) is 4.79 Å². The van der Waals surface area contributed by atoms with Crippen LogP contribution in [0.3, 0.4) is 0 Å². The van der Waals surface area contributed by atoms with E-state index in [9.17, 15) is 14.7 Å². The molecule has 5 nitrogen and oxygen atoms in total. The van der Waals surface area contributed by atoms with Gasteiger partial charge >= 0.3 is 5.97 Å². The van der Waals surface area contributed by atoms with Gasteiger partial charge in [0.15, 0.2) is 6.04 Å². The highest BCUT2D eigenvalue weighted by Gasteiger charge is 2.37. The third-order valence-electron chi connectivity index (χ3n) is 3.88. The molecule has 1 heterocycles. The molecule has 0 aromatic heterocycles. The monoisotopic (exact) mass is 310 g/mol. The predicted molar refractivity (Wildman–Crippen MR) is 80.2 cm³/mol. The van der Waals surface area contributed by atoms with Crippen LogP contribution < -0.4 is 10.6 Å². The fourth-order valence-electron chi connectivity index (χ4n) is 2.54. The maximum Gasteiger partial charge on any atom is 0.330 e. The molecule has 1 saturated heterocycles. The molecule has 2 rings (SSSR count). The van der Waals surface area contributed by atoms with Crippen LogP contribution in [0.15, 0.2) is 24.3 Å². The van der Waals surface area contributed by atoms with Gasteiger partial charge < -0.3 is 15.7 Å². The number of halogens is 1. The summed E-state index contributed by atoms with van der Waals surface area (Å²) in [5, 5.41) is 15.5. The SMILES string of the molecule is CC1(C(=O)N[C@@H](C(=O)O)c2ccccc2Cl)CCCNC1. The molecule has 1 amide bonds. The van der Waals surface area contributed by atoms with Crippen LogP contribution in [-0.4, -0.2) is 30.1 Å². The molecule has 1 aromatic rings. The van der Waals surface area contributed by atoms with Crippen molar-refractivity contribution in [3.63, 3.8) is 0 Å². The fourth-order valence-corrected chi connectivity index (χ4v) is 2.78. The molecular weight excluding hydrogens is 292 g/mol. The van der Waals surface area contributed by atoms with Gasteiger partial charge in [0.05, 0.1) is 5.41 Å². The lowest BCUT2D eigenvalue weighted by molar-refractivity contribution is -0.144. The zero-order valence-corrected chi connectivity index (χ0v) is 12.6. The number of nitrogens with one attached hydrogen (secondary N) is 2. The van der Waals surface area contributed by atoms with E-state index < -0.39 is 17.4 Å². The molecular formula is C15H19ClN2O3. The standard InChI is InChI=1S/C15H19ClN2O3/c1-15(7-4-8-17-9-15)14(21)18-12(13(19)20)10-5-2-3-6-11(10)16/h2-3,5-6,12,17H,4,7-9H2,1H3,(H,18,21)(H,19,20)/t12-,15?/m1/s1. The minimum absolute atomic E-state index is 0.262. The minimum atomic E-state index is -1.13. The highest BCUT2D eigenvalue weighted by atomic mass is 35.5. The topological polar surface area (TPSA) is 78.4 Å². The molecule has 0 saturated carbocycles. The lowest BCUT2D eigenvalue weighted by Gasteiger charge is -2.33. The van der Waals surface area contributed by atoms with Crippen LogP contribution in [0, 0.1) is 5.41 Å². The maximum absolute atomic E-state index is 12.5. The molecule has 0 spiro atoms. The Hall–Kier alpha value is -1.59. The van der Waals surface area contributed by atoms with Gasteiger partial charge in [-0.3, -0.25) is 4.79 Å². The number of aliphatic carboxylic acids is 1. The van der Waals surface area contributed by atoms with Crippen molar-refractivity contribution in [2.45, 2.75) is 25.8 Å². The normalized spacial score (nSPS) is 23.3. The highest BCUT2D eigenvalue weighted by Crippen LogP contribution is 2.28. The summed E-state index contributed by atoms with van der Waals surface area (Å²) in [5.74, 6) is -1.38. The molecule has 114 valence electrons. The summed E-state index contributed by atoms with van der Waals surface area (Å²) in [5.41, 5.74) is -0.194. The number of benzene rings is 1. The van der Waals surface area contributed by atoms with Gasteiger partial charge in [0.1, 0.15) is 0 Å². The Morgan fingerprint density at radius 1 is 1.43 bits per heavy atom. The molecule has 2 atom stereocenters. The molecule has 1 aliphatic rings. The van der Waals surface area contributed by atoms with Gasteiger partial charge in [0.25, 0.3) is 0 Å². The Morgan fingerprint density at radius 3 is 2.71 bits per heavy atom. The molecule has 0 radical (unpaired) electrons. The maximum atomic E-state index is 12.5. The van der Waals surface area contributed by atoms with E-state index in [1.54, 1.807) is 24.3 Å². The lowest BCUT2D eigenvalue weighted by Crippen LogP contribution is -2.50. The number of carbonyl (C=O) groups is 2. The third kappa shape index (κ3) is 3.54. The van der Waals surface area contributed by atoms with Crippen LogP contribution in [-0.2, 0) is 9.59 Å². The van der Waals surface area contributed by atoms with Gasteiger partial charge in [0, 0.05) is 17.1 Å². The average Bonchev–Trinajstić information content (AvgIpc) is 2.46. The number of carboxylic acids is 1. The summed E-state index contributed by atoms with van der Waals surface area (Å²) in [6, 6.07) is 5.52. The molecule has 21 heavy (non-hydrogen) atoms. The average molecular weight is 311 g/mol. The van der Waals surface area contributed by atoms with Crippen LogP contribution >= 0.6 is 11.6 Å². The number of hydrogen-bond acceptors (Lipinski definition) is 3. The number of carbonyl (C=O) groups excluding carboxylic acids is 1. The van der Waals surface area contributed by atoms with Crippen LogP contribution in [0.25, 0.3) is 0 Å². The number of hydrogen-bond donors (Lipinski definition) is 3. The first-order valence-corrected chi connectivity index (χ1v) is 7.31. The Labute approximate surface area is 128 Å². The van der Waals surface area contributed by atoms with Crippen LogP contribution in [0.5, 0.6) is 0 Å². The summed E-state index contributed by atoms with van der Waals surface area (Å²) in [6.07, 6.45) is 1.63. The first kappa shape index (κ1) is 15.8. The molecule has 0 bridgehead atoms. The Morgan fingerprint density at radius 2 is 2.14 bits per heavy atom. The molecule has 1 fully saturated rings.